The number of hydrogen-bond acceptors (Lipinski definition) is 8. The Balaban J connectivity index is 1.44. The number of benzene rings is 1. The van der Waals surface area contributed by atoms with Crippen LogP contribution in [0, 0.1) is 0 Å². The molecule has 1 aliphatic heterocycles. The van der Waals surface area contributed by atoms with Gasteiger partial charge in [-0.15, -0.1) is 0 Å². The average molecular weight is 503 g/mol. The summed E-state index contributed by atoms with van der Waals surface area (Å²) >= 11 is 6.64. The van der Waals surface area contributed by atoms with Crippen LogP contribution in [0.25, 0.3) is 33.1 Å². The first kappa shape index (κ1) is 22.2. The summed E-state index contributed by atoms with van der Waals surface area (Å²) in [4.78, 5) is 29.5. The van der Waals surface area contributed by atoms with Crippen LogP contribution in [0.15, 0.2) is 43.0 Å². The summed E-state index contributed by atoms with van der Waals surface area (Å²) < 4.78 is 1.78. The molecule has 0 spiro atoms. The fourth-order valence-corrected chi connectivity index (χ4v) is 4.99. The zero-order chi connectivity index (χ0) is 24.8. The fourth-order valence-electron chi connectivity index (χ4n) is 4.72. The van der Waals surface area contributed by atoms with Gasteiger partial charge in [-0.25, -0.2) is 19.6 Å². The van der Waals surface area contributed by atoms with Crippen molar-refractivity contribution < 1.29 is 4.79 Å². The Hall–Kier alpha value is -4.25. The van der Waals surface area contributed by atoms with E-state index in [1.807, 2.05) is 29.2 Å². The lowest BCUT2D eigenvalue weighted by molar-refractivity contribution is -0.129. The van der Waals surface area contributed by atoms with Gasteiger partial charge in [-0.1, -0.05) is 23.7 Å². The van der Waals surface area contributed by atoms with Crippen molar-refractivity contribution in [3.05, 3.63) is 53.7 Å². The van der Waals surface area contributed by atoms with Gasteiger partial charge in [0.1, 0.15) is 23.7 Å². The summed E-state index contributed by atoms with van der Waals surface area (Å²) in [5.41, 5.74) is 9.08. The monoisotopic (exact) mass is 502 g/mol. The molecule has 0 aliphatic carbocycles. The maximum atomic E-state index is 11.8. The van der Waals surface area contributed by atoms with E-state index in [4.69, 9.17) is 27.4 Å². The van der Waals surface area contributed by atoms with Gasteiger partial charge in [0, 0.05) is 50.2 Å². The number of amides is 1. The Morgan fingerprint density at radius 1 is 1.17 bits per heavy atom. The number of nitrogens with zero attached hydrogens (tertiary/aromatic N) is 8. The molecule has 1 fully saturated rings. The molecule has 0 atom stereocenters. The van der Waals surface area contributed by atoms with Gasteiger partial charge in [0.25, 0.3) is 0 Å². The SMILES string of the molecule is CC(=O)N1CCN(c2nc(Cn3nc(-c4cn[nH]c4)c4c(N)ncnc43)cc3cccc(Cl)c23)CC1. The Morgan fingerprint density at radius 3 is 2.75 bits per heavy atom. The van der Waals surface area contributed by atoms with E-state index in [0.29, 0.717) is 60.3 Å². The molecule has 5 heterocycles. The molecule has 12 heteroatoms. The van der Waals surface area contributed by atoms with E-state index in [-0.39, 0.29) is 5.91 Å². The summed E-state index contributed by atoms with van der Waals surface area (Å²) in [5, 5.41) is 14.9. The number of pyridine rings is 1. The number of H-pyrrole nitrogens is 1. The molecule has 11 nitrogen and oxygen atoms in total. The minimum atomic E-state index is 0.0829. The number of hydrogen-bond donors (Lipinski definition) is 2. The maximum Gasteiger partial charge on any atom is 0.219 e. The molecule has 0 unspecified atom stereocenters. The fraction of sp³-hybridized carbons (Fsp3) is 0.250. The van der Waals surface area contributed by atoms with E-state index in [0.717, 1.165) is 27.8 Å². The topological polar surface area (TPSA) is 135 Å². The minimum absolute atomic E-state index is 0.0829. The van der Waals surface area contributed by atoms with Crippen LogP contribution in [0.3, 0.4) is 0 Å². The van der Waals surface area contributed by atoms with Crippen LogP contribution in [0.1, 0.15) is 12.6 Å². The zero-order valence-electron chi connectivity index (χ0n) is 19.5. The van der Waals surface area contributed by atoms with Gasteiger partial charge in [-0.3, -0.25) is 9.89 Å². The third-order valence-electron chi connectivity index (χ3n) is 6.51. The van der Waals surface area contributed by atoms with E-state index in [2.05, 4.69) is 25.1 Å². The molecule has 4 aromatic heterocycles. The highest BCUT2D eigenvalue weighted by atomic mass is 35.5. The molecule has 1 amide bonds. The van der Waals surface area contributed by atoms with Gasteiger partial charge in [0.05, 0.1) is 28.8 Å². The summed E-state index contributed by atoms with van der Waals surface area (Å²) in [6.07, 6.45) is 4.88. The van der Waals surface area contributed by atoms with Gasteiger partial charge in [-0.2, -0.15) is 10.2 Å². The first-order valence-electron chi connectivity index (χ1n) is 11.5. The second kappa shape index (κ2) is 8.76. The Bertz CT molecular complexity index is 1590. The molecule has 1 aliphatic rings. The molecule has 6 rings (SSSR count). The van der Waals surface area contributed by atoms with Gasteiger partial charge >= 0.3 is 0 Å². The van der Waals surface area contributed by atoms with Crippen molar-refractivity contribution in [1.82, 2.24) is 39.8 Å². The van der Waals surface area contributed by atoms with E-state index in [1.54, 1.807) is 24.0 Å². The van der Waals surface area contributed by atoms with Gasteiger partial charge in [-0.05, 0) is 17.5 Å². The van der Waals surface area contributed by atoms with Crippen LogP contribution >= 0.6 is 11.6 Å². The molecular weight excluding hydrogens is 480 g/mol. The number of rotatable bonds is 4. The number of nitrogen functional groups attached to an aromatic ring is 1. The van der Waals surface area contributed by atoms with E-state index in [9.17, 15) is 4.79 Å². The molecule has 3 N–H and O–H groups in total. The molecule has 1 saturated heterocycles. The molecule has 0 bridgehead atoms. The van der Waals surface area contributed by atoms with Crippen molar-refractivity contribution in [3.8, 4) is 11.3 Å². The van der Waals surface area contributed by atoms with Crippen LogP contribution in [0.2, 0.25) is 5.02 Å². The van der Waals surface area contributed by atoms with Crippen LogP contribution in [-0.4, -0.2) is 71.9 Å². The third-order valence-corrected chi connectivity index (χ3v) is 6.82. The number of anilines is 2. The van der Waals surface area contributed by atoms with Gasteiger partial charge < -0.3 is 15.5 Å². The van der Waals surface area contributed by atoms with Crippen molar-refractivity contribution in [2.24, 2.45) is 0 Å². The Kier molecular flexibility index (Phi) is 5.41. The summed E-state index contributed by atoms with van der Waals surface area (Å²) in [7, 11) is 0. The Labute approximate surface area is 210 Å². The lowest BCUT2D eigenvalue weighted by Crippen LogP contribution is -2.48. The minimum Gasteiger partial charge on any atom is -0.383 e. The molecule has 0 radical (unpaired) electrons. The van der Waals surface area contributed by atoms with Gasteiger partial charge in [0.2, 0.25) is 5.91 Å². The lowest BCUT2D eigenvalue weighted by atomic mass is 10.1. The maximum absolute atomic E-state index is 11.8. The standard InChI is InChI=1S/C24H23ClN10O/c1-14(36)33-5-7-34(8-6-33)24-19-15(3-2-4-18(19)25)9-17(31-24)12-35-23-20(22(26)27-13-28-23)21(32-35)16-10-29-30-11-16/h2-4,9-11,13H,5-8,12H2,1H3,(H,29,30)(H2,26,27,28). The van der Waals surface area contributed by atoms with E-state index >= 15 is 0 Å². The summed E-state index contributed by atoms with van der Waals surface area (Å²) in [6, 6.07) is 7.85. The van der Waals surface area contributed by atoms with Crippen LogP contribution in [0.4, 0.5) is 11.6 Å². The van der Waals surface area contributed by atoms with Crippen LogP contribution < -0.4 is 10.6 Å². The number of aromatic amines is 1. The Morgan fingerprint density at radius 2 is 2.00 bits per heavy atom. The molecule has 1 aromatic carbocycles. The van der Waals surface area contributed by atoms with Crippen molar-refractivity contribution in [3.63, 3.8) is 0 Å². The summed E-state index contributed by atoms with van der Waals surface area (Å²) in [5.74, 6) is 1.24. The third kappa shape index (κ3) is 3.77. The normalized spacial score (nSPS) is 14.2. The number of halogens is 1. The zero-order valence-corrected chi connectivity index (χ0v) is 20.3. The van der Waals surface area contributed by atoms with Crippen LogP contribution in [0.5, 0.6) is 0 Å². The second-order valence-corrected chi connectivity index (χ2v) is 9.13. The molecule has 182 valence electrons. The first-order valence-corrected chi connectivity index (χ1v) is 11.9. The average Bonchev–Trinajstić information content (AvgIpc) is 3.53. The van der Waals surface area contributed by atoms with Crippen molar-refractivity contribution in [1.29, 1.82) is 0 Å². The molecular formula is C24H23ClN10O. The number of fused-ring (bicyclic) bond motifs is 2. The lowest BCUT2D eigenvalue weighted by Gasteiger charge is -2.35. The highest BCUT2D eigenvalue weighted by Crippen LogP contribution is 2.34. The highest BCUT2D eigenvalue weighted by molar-refractivity contribution is 6.36. The highest BCUT2D eigenvalue weighted by Gasteiger charge is 2.24. The number of nitrogens with one attached hydrogen (secondary N) is 1. The smallest absolute Gasteiger partial charge is 0.219 e. The number of nitrogens with two attached hydrogens (primary N) is 1. The van der Waals surface area contributed by atoms with Crippen LogP contribution in [-0.2, 0) is 11.3 Å². The molecule has 0 saturated carbocycles. The predicted molar refractivity (Wildman–Crippen MR) is 138 cm³/mol. The quantitative estimate of drug-likeness (QED) is 0.383. The number of carbonyl (C=O) groups is 1. The predicted octanol–water partition coefficient (Wildman–Crippen LogP) is 2.72. The van der Waals surface area contributed by atoms with Crippen molar-refractivity contribution in [2.45, 2.75) is 13.5 Å². The summed E-state index contributed by atoms with van der Waals surface area (Å²) in [6.45, 7) is 4.60. The number of aromatic nitrogens is 7. The molecule has 5 aromatic rings. The second-order valence-electron chi connectivity index (χ2n) is 8.72. The number of carbonyl (C=O) groups excluding carboxylic acids is 1. The van der Waals surface area contributed by atoms with E-state index in [1.165, 1.54) is 6.33 Å². The van der Waals surface area contributed by atoms with Crippen molar-refractivity contribution in [2.75, 3.05) is 36.8 Å². The van der Waals surface area contributed by atoms with E-state index < -0.39 is 0 Å². The molecule has 36 heavy (non-hydrogen) atoms. The van der Waals surface area contributed by atoms with Gasteiger partial charge in [0.15, 0.2) is 5.65 Å². The largest absolute Gasteiger partial charge is 0.383 e. The van der Waals surface area contributed by atoms with Crippen molar-refractivity contribution >= 4 is 50.9 Å². The number of piperazine rings is 1. The first-order chi connectivity index (χ1) is 17.5.